The maximum atomic E-state index is 12.5. The van der Waals surface area contributed by atoms with Crippen LogP contribution >= 0.6 is 0 Å². The van der Waals surface area contributed by atoms with Crippen molar-refractivity contribution in [3.63, 3.8) is 0 Å². The van der Waals surface area contributed by atoms with E-state index in [4.69, 9.17) is 14.7 Å². The van der Waals surface area contributed by atoms with Crippen molar-refractivity contribution < 1.29 is 23.9 Å². The molecule has 0 aromatic heterocycles. The van der Waals surface area contributed by atoms with E-state index in [0.29, 0.717) is 30.6 Å². The molecule has 0 spiro atoms. The van der Waals surface area contributed by atoms with E-state index in [9.17, 15) is 14.4 Å². The van der Waals surface area contributed by atoms with Crippen molar-refractivity contribution in [3.8, 4) is 6.07 Å². The molecule has 1 saturated heterocycles. The fourth-order valence-electron chi connectivity index (χ4n) is 2.77. The highest BCUT2D eigenvalue weighted by Gasteiger charge is 2.38. The van der Waals surface area contributed by atoms with Gasteiger partial charge in [0.1, 0.15) is 11.6 Å². The average Bonchev–Trinajstić information content (AvgIpc) is 3.10. The van der Waals surface area contributed by atoms with Crippen LogP contribution in [0.4, 0.5) is 10.5 Å². The molecule has 1 heterocycles. The number of rotatable bonds is 4. The number of ether oxygens (including phenoxy) is 2. The van der Waals surface area contributed by atoms with Crippen molar-refractivity contribution in [2.45, 2.75) is 58.3 Å². The van der Waals surface area contributed by atoms with Gasteiger partial charge in [0.25, 0.3) is 5.91 Å². The summed E-state index contributed by atoms with van der Waals surface area (Å²) in [7, 11) is 0. The molecule has 0 saturated carbocycles. The number of anilines is 1. The monoisotopic (exact) mass is 387 g/mol. The second kappa shape index (κ2) is 8.74. The van der Waals surface area contributed by atoms with E-state index in [1.807, 2.05) is 6.07 Å². The summed E-state index contributed by atoms with van der Waals surface area (Å²) in [6.07, 6.45) is -0.520. The van der Waals surface area contributed by atoms with Crippen molar-refractivity contribution in [2.24, 2.45) is 0 Å². The Morgan fingerprint density at radius 1 is 1.32 bits per heavy atom. The van der Waals surface area contributed by atoms with Gasteiger partial charge in [-0.25, -0.2) is 9.59 Å². The van der Waals surface area contributed by atoms with Gasteiger partial charge in [-0.3, -0.25) is 9.69 Å². The Balaban J connectivity index is 1.95. The molecule has 0 aliphatic carbocycles. The largest absolute Gasteiger partial charge is 0.451 e. The molecule has 1 aromatic carbocycles. The minimum Gasteiger partial charge on any atom is -0.451 e. The molecular formula is C20H25N3O5. The summed E-state index contributed by atoms with van der Waals surface area (Å²) in [5, 5.41) is 11.5. The lowest BCUT2D eigenvalue weighted by atomic mass is 10.2. The van der Waals surface area contributed by atoms with Crippen molar-refractivity contribution in [1.82, 2.24) is 4.90 Å². The molecule has 1 N–H and O–H groups in total. The fourth-order valence-corrected chi connectivity index (χ4v) is 2.77. The van der Waals surface area contributed by atoms with Crippen LogP contribution in [0.1, 0.15) is 46.1 Å². The zero-order valence-electron chi connectivity index (χ0n) is 16.5. The van der Waals surface area contributed by atoms with E-state index in [0.717, 1.165) is 0 Å². The van der Waals surface area contributed by atoms with Crippen LogP contribution in [-0.2, 0) is 19.1 Å². The maximum Gasteiger partial charge on any atom is 0.411 e. The summed E-state index contributed by atoms with van der Waals surface area (Å²) in [5.41, 5.74) is 0.170. The highest BCUT2D eigenvalue weighted by Crippen LogP contribution is 2.22. The number of carbonyl (C=O) groups is 3. The first-order valence-electron chi connectivity index (χ1n) is 9.12. The van der Waals surface area contributed by atoms with E-state index in [1.165, 1.54) is 17.9 Å². The number of nitrogens with zero attached hydrogens (tertiary/aromatic N) is 2. The standard InChI is InChI=1S/C20H25N3O5/c1-13(17(24)22-15-8-5-7-14(11-15)12-21)27-18(25)16-9-6-10-23(16)19(26)28-20(2,3)4/h5,7-8,11,13,16H,6,9-10H2,1-4H3,(H,22,24)/t13-,16+/m1/s1. The summed E-state index contributed by atoms with van der Waals surface area (Å²) in [4.78, 5) is 38.4. The number of nitriles is 1. The number of benzene rings is 1. The molecule has 150 valence electrons. The maximum absolute atomic E-state index is 12.5. The van der Waals surface area contributed by atoms with Crippen molar-refractivity contribution >= 4 is 23.7 Å². The molecule has 0 radical (unpaired) electrons. The molecule has 1 aliphatic rings. The molecule has 1 aliphatic heterocycles. The Hall–Kier alpha value is -3.08. The van der Waals surface area contributed by atoms with Crippen molar-refractivity contribution in [2.75, 3.05) is 11.9 Å². The van der Waals surface area contributed by atoms with Crippen LogP contribution in [0.5, 0.6) is 0 Å². The Morgan fingerprint density at radius 3 is 2.68 bits per heavy atom. The van der Waals surface area contributed by atoms with Gasteiger partial charge < -0.3 is 14.8 Å². The Morgan fingerprint density at radius 2 is 2.04 bits per heavy atom. The molecule has 1 fully saturated rings. The third-order valence-electron chi connectivity index (χ3n) is 4.07. The third-order valence-corrected chi connectivity index (χ3v) is 4.07. The Kier molecular flexibility index (Phi) is 6.62. The second-order valence-electron chi connectivity index (χ2n) is 7.59. The van der Waals surface area contributed by atoms with Gasteiger partial charge in [0.05, 0.1) is 11.6 Å². The van der Waals surface area contributed by atoms with Gasteiger partial charge in [0, 0.05) is 12.2 Å². The van der Waals surface area contributed by atoms with Gasteiger partial charge in [-0.15, -0.1) is 0 Å². The van der Waals surface area contributed by atoms with E-state index in [1.54, 1.807) is 39.0 Å². The molecule has 28 heavy (non-hydrogen) atoms. The first-order chi connectivity index (χ1) is 13.1. The third kappa shape index (κ3) is 5.71. The minimum atomic E-state index is -1.06. The van der Waals surface area contributed by atoms with Crippen molar-refractivity contribution in [1.29, 1.82) is 5.26 Å². The van der Waals surface area contributed by atoms with E-state index in [-0.39, 0.29) is 0 Å². The van der Waals surface area contributed by atoms with E-state index in [2.05, 4.69) is 5.32 Å². The van der Waals surface area contributed by atoms with Crippen LogP contribution in [0.15, 0.2) is 24.3 Å². The summed E-state index contributed by atoms with van der Waals surface area (Å²) < 4.78 is 10.6. The predicted octanol–water partition coefficient (Wildman–Crippen LogP) is 2.83. The van der Waals surface area contributed by atoms with Gasteiger partial charge in [-0.2, -0.15) is 5.26 Å². The Labute approximate surface area is 164 Å². The molecule has 0 unspecified atom stereocenters. The van der Waals surface area contributed by atoms with Gasteiger partial charge in [0.15, 0.2) is 6.10 Å². The van der Waals surface area contributed by atoms with Gasteiger partial charge >= 0.3 is 12.1 Å². The van der Waals surface area contributed by atoms with Crippen LogP contribution in [0.25, 0.3) is 0 Å². The van der Waals surface area contributed by atoms with Crippen LogP contribution in [0.3, 0.4) is 0 Å². The summed E-state index contributed by atoms with van der Waals surface area (Å²) in [5.74, 6) is -1.16. The molecule has 2 atom stereocenters. The summed E-state index contributed by atoms with van der Waals surface area (Å²) in [6, 6.07) is 7.62. The summed E-state index contributed by atoms with van der Waals surface area (Å²) >= 11 is 0. The number of nitrogens with one attached hydrogen (secondary N) is 1. The van der Waals surface area contributed by atoms with Gasteiger partial charge in [-0.1, -0.05) is 6.07 Å². The highest BCUT2D eigenvalue weighted by molar-refractivity contribution is 5.95. The Bertz CT molecular complexity index is 794. The lowest BCUT2D eigenvalue weighted by Crippen LogP contribution is -2.45. The number of likely N-dealkylation sites (tertiary alicyclic amines) is 1. The minimum absolute atomic E-state index is 0.399. The lowest BCUT2D eigenvalue weighted by molar-refractivity contribution is -0.157. The highest BCUT2D eigenvalue weighted by atomic mass is 16.6. The van der Waals surface area contributed by atoms with Gasteiger partial charge in [0.2, 0.25) is 0 Å². The zero-order valence-corrected chi connectivity index (χ0v) is 16.5. The van der Waals surface area contributed by atoms with Crippen LogP contribution in [0.2, 0.25) is 0 Å². The van der Waals surface area contributed by atoms with Crippen LogP contribution in [-0.4, -0.2) is 47.2 Å². The molecule has 2 amide bonds. The molecule has 8 heteroatoms. The first kappa shape index (κ1) is 21.2. The SMILES string of the molecule is C[C@@H](OC(=O)[C@@H]1CCCN1C(=O)OC(C)(C)C)C(=O)Nc1cccc(C#N)c1. The molecule has 2 rings (SSSR count). The quantitative estimate of drug-likeness (QED) is 0.796. The van der Waals surface area contributed by atoms with Gasteiger partial charge in [-0.05, 0) is 58.7 Å². The number of carbonyl (C=O) groups excluding carboxylic acids is 3. The smallest absolute Gasteiger partial charge is 0.411 e. The predicted molar refractivity (Wildman–Crippen MR) is 101 cm³/mol. The zero-order chi connectivity index (χ0) is 20.9. The average molecular weight is 387 g/mol. The number of hydrogen-bond acceptors (Lipinski definition) is 6. The summed E-state index contributed by atoms with van der Waals surface area (Å²) in [6.45, 7) is 7.11. The van der Waals surface area contributed by atoms with Crippen molar-refractivity contribution in [3.05, 3.63) is 29.8 Å². The molecular weight excluding hydrogens is 362 g/mol. The topological polar surface area (TPSA) is 109 Å². The fraction of sp³-hybridized carbons (Fsp3) is 0.500. The molecule has 0 bridgehead atoms. The molecule has 8 nitrogen and oxygen atoms in total. The van der Waals surface area contributed by atoms with E-state index >= 15 is 0 Å². The van der Waals surface area contributed by atoms with Crippen LogP contribution < -0.4 is 5.32 Å². The first-order valence-corrected chi connectivity index (χ1v) is 9.12. The van der Waals surface area contributed by atoms with Crippen LogP contribution in [0, 0.1) is 11.3 Å². The lowest BCUT2D eigenvalue weighted by Gasteiger charge is -2.28. The number of esters is 1. The number of amides is 2. The van der Waals surface area contributed by atoms with E-state index < -0.39 is 35.7 Å². The second-order valence-corrected chi connectivity index (χ2v) is 7.59. The molecule has 1 aromatic rings. The number of hydrogen-bond donors (Lipinski definition) is 1. The normalized spacial score (nSPS) is 17.4.